The van der Waals surface area contributed by atoms with Crippen LogP contribution < -0.4 is 0 Å². The van der Waals surface area contributed by atoms with Gasteiger partial charge in [0.05, 0.1) is 11.0 Å². The first-order chi connectivity index (χ1) is 8.43. The Labute approximate surface area is 106 Å². The normalized spacial score (nSPS) is 13.2. The van der Waals surface area contributed by atoms with E-state index in [1.54, 1.807) is 0 Å². The molecule has 0 fully saturated rings. The van der Waals surface area contributed by atoms with Crippen molar-refractivity contribution in [3.8, 4) is 6.07 Å². The molecular weight excluding hydrogens is 226 g/mol. The number of nitriles is 1. The number of hydrogen-bond acceptors (Lipinski definition) is 3. The highest BCUT2D eigenvalue weighted by Crippen LogP contribution is 2.29. The van der Waals surface area contributed by atoms with E-state index in [1.807, 2.05) is 51.1 Å². The molecule has 1 aromatic carbocycles. The summed E-state index contributed by atoms with van der Waals surface area (Å²) in [6.07, 6.45) is 0. The van der Waals surface area contributed by atoms with Crippen LogP contribution in [-0.4, -0.2) is 15.1 Å². The Balaban J connectivity index is 2.62. The summed E-state index contributed by atoms with van der Waals surface area (Å²) in [7, 11) is 0. The quantitative estimate of drug-likeness (QED) is 0.593. The Morgan fingerprint density at radius 2 is 2.00 bits per heavy atom. The van der Waals surface area contributed by atoms with E-state index in [0.717, 1.165) is 11.0 Å². The van der Waals surface area contributed by atoms with Gasteiger partial charge in [-0.05, 0) is 12.1 Å². The van der Waals surface area contributed by atoms with Crippen LogP contribution in [-0.2, 0) is 0 Å². The van der Waals surface area contributed by atoms with E-state index in [1.165, 1.54) is 0 Å². The monoisotopic (exact) mass is 241 g/mol. The SMILES string of the molecule is CC(C)(C)/C(O)=C(\C#N)c1nc2ccccc2[nH]1. The summed E-state index contributed by atoms with van der Waals surface area (Å²) in [6.45, 7) is 5.55. The summed E-state index contributed by atoms with van der Waals surface area (Å²) in [5, 5.41) is 19.3. The molecular formula is C14H15N3O. The number of nitrogens with zero attached hydrogens (tertiary/aromatic N) is 2. The molecule has 0 radical (unpaired) electrons. The van der Waals surface area contributed by atoms with E-state index in [0.29, 0.717) is 5.82 Å². The van der Waals surface area contributed by atoms with Crippen LogP contribution in [0.4, 0.5) is 0 Å². The molecule has 0 bridgehead atoms. The van der Waals surface area contributed by atoms with Crippen LogP contribution in [0.2, 0.25) is 0 Å². The number of aliphatic hydroxyl groups excluding tert-OH is 1. The number of para-hydroxylation sites is 2. The Morgan fingerprint density at radius 1 is 1.33 bits per heavy atom. The van der Waals surface area contributed by atoms with Gasteiger partial charge in [0.15, 0.2) is 5.82 Å². The predicted molar refractivity (Wildman–Crippen MR) is 70.7 cm³/mol. The van der Waals surface area contributed by atoms with Crippen LogP contribution in [0.3, 0.4) is 0 Å². The zero-order chi connectivity index (χ0) is 13.3. The van der Waals surface area contributed by atoms with Crippen LogP contribution in [0, 0.1) is 16.7 Å². The molecule has 0 aliphatic rings. The van der Waals surface area contributed by atoms with E-state index >= 15 is 0 Å². The van der Waals surface area contributed by atoms with E-state index in [-0.39, 0.29) is 11.3 Å². The van der Waals surface area contributed by atoms with Crippen molar-refractivity contribution in [1.29, 1.82) is 5.26 Å². The second kappa shape index (κ2) is 4.19. The minimum absolute atomic E-state index is 0.0454. The fourth-order valence-electron chi connectivity index (χ4n) is 1.66. The number of aliphatic hydroxyl groups is 1. The van der Waals surface area contributed by atoms with Gasteiger partial charge in [-0.15, -0.1) is 0 Å². The molecule has 1 aromatic heterocycles. The molecule has 2 rings (SSSR count). The summed E-state index contributed by atoms with van der Waals surface area (Å²) in [4.78, 5) is 7.37. The van der Waals surface area contributed by atoms with Gasteiger partial charge in [0.2, 0.25) is 0 Å². The average Bonchev–Trinajstić information content (AvgIpc) is 2.71. The number of aromatic nitrogens is 2. The van der Waals surface area contributed by atoms with Gasteiger partial charge in [-0.25, -0.2) is 4.98 Å². The highest BCUT2D eigenvalue weighted by atomic mass is 16.3. The largest absolute Gasteiger partial charge is 0.510 e. The number of benzene rings is 1. The molecule has 2 N–H and O–H groups in total. The molecule has 18 heavy (non-hydrogen) atoms. The number of fused-ring (bicyclic) bond motifs is 1. The Hall–Kier alpha value is -2.28. The van der Waals surface area contributed by atoms with Gasteiger partial charge >= 0.3 is 0 Å². The highest BCUT2D eigenvalue weighted by molar-refractivity contribution is 5.82. The van der Waals surface area contributed by atoms with Gasteiger partial charge in [0.1, 0.15) is 17.4 Å². The number of rotatable bonds is 1. The van der Waals surface area contributed by atoms with E-state index in [2.05, 4.69) is 9.97 Å². The van der Waals surface area contributed by atoms with Crippen molar-refractivity contribution >= 4 is 16.6 Å². The number of imidazole rings is 1. The molecule has 2 aromatic rings. The Kier molecular flexibility index (Phi) is 2.84. The van der Waals surface area contributed by atoms with Gasteiger partial charge in [-0.3, -0.25) is 0 Å². The molecule has 0 saturated carbocycles. The van der Waals surface area contributed by atoms with Crippen LogP contribution in [0.5, 0.6) is 0 Å². The maximum Gasteiger partial charge on any atom is 0.152 e. The Bertz CT molecular complexity index is 620. The molecule has 92 valence electrons. The third-order valence-corrected chi connectivity index (χ3v) is 2.69. The maximum atomic E-state index is 10.1. The zero-order valence-electron chi connectivity index (χ0n) is 10.7. The molecule has 0 saturated heterocycles. The summed E-state index contributed by atoms with van der Waals surface area (Å²) < 4.78 is 0. The minimum atomic E-state index is -0.482. The number of aromatic amines is 1. The number of hydrogen-bond donors (Lipinski definition) is 2. The fourth-order valence-corrected chi connectivity index (χ4v) is 1.66. The van der Waals surface area contributed by atoms with Crippen LogP contribution in [0.1, 0.15) is 26.6 Å². The lowest BCUT2D eigenvalue weighted by Gasteiger charge is -2.18. The van der Waals surface area contributed by atoms with Crippen molar-refractivity contribution in [2.24, 2.45) is 5.41 Å². The number of nitrogens with one attached hydrogen (secondary N) is 1. The zero-order valence-corrected chi connectivity index (χ0v) is 10.7. The van der Waals surface area contributed by atoms with Crippen molar-refractivity contribution < 1.29 is 5.11 Å². The van der Waals surface area contributed by atoms with Crippen molar-refractivity contribution in [3.05, 3.63) is 35.8 Å². The van der Waals surface area contributed by atoms with Gasteiger partial charge in [0, 0.05) is 5.41 Å². The van der Waals surface area contributed by atoms with Crippen LogP contribution >= 0.6 is 0 Å². The molecule has 0 atom stereocenters. The van der Waals surface area contributed by atoms with E-state index in [9.17, 15) is 10.4 Å². The standard InChI is InChI=1S/C14H15N3O/c1-14(2,3)12(18)9(8-15)13-16-10-6-4-5-7-11(10)17-13/h4-7,18H,1-3H3,(H,16,17)/b12-9-. The second-order valence-electron chi connectivity index (χ2n) is 5.19. The molecule has 0 aliphatic carbocycles. The molecule has 0 spiro atoms. The summed E-state index contributed by atoms with van der Waals surface area (Å²) in [5.41, 5.74) is 1.34. The van der Waals surface area contributed by atoms with Crippen molar-refractivity contribution in [1.82, 2.24) is 9.97 Å². The first-order valence-electron chi connectivity index (χ1n) is 5.72. The first kappa shape index (κ1) is 12.2. The Morgan fingerprint density at radius 3 is 2.56 bits per heavy atom. The third-order valence-electron chi connectivity index (χ3n) is 2.69. The van der Waals surface area contributed by atoms with Gasteiger partial charge in [-0.2, -0.15) is 5.26 Å². The first-order valence-corrected chi connectivity index (χ1v) is 5.72. The van der Waals surface area contributed by atoms with Crippen LogP contribution in [0.25, 0.3) is 16.6 Å². The van der Waals surface area contributed by atoms with Crippen molar-refractivity contribution in [2.45, 2.75) is 20.8 Å². The molecule has 0 aliphatic heterocycles. The minimum Gasteiger partial charge on any atom is -0.510 e. The van der Waals surface area contributed by atoms with Gasteiger partial charge in [-0.1, -0.05) is 32.9 Å². The van der Waals surface area contributed by atoms with Crippen LogP contribution in [0.15, 0.2) is 30.0 Å². The lowest BCUT2D eigenvalue weighted by Crippen LogP contribution is -2.11. The predicted octanol–water partition coefficient (Wildman–Crippen LogP) is 3.40. The van der Waals surface area contributed by atoms with Gasteiger partial charge < -0.3 is 10.1 Å². The molecule has 0 amide bonds. The molecule has 4 heteroatoms. The second-order valence-corrected chi connectivity index (χ2v) is 5.19. The van der Waals surface area contributed by atoms with E-state index in [4.69, 9.17) is 0 Å². The van der Waals surface area contributed by atoms with Gasteiger partial charge in [0.25, 0.3) is 0 Å². The molecule has 4 nitrogen and oxygen atoms in total. The number of H-pyrrole nitrogens is 1. The maximum absolute atomic E-state index is 10.1. The fraction of sp³-hybridized carbons (Fsp3) is 0.286. The van der Waals surface area contributed by atoms with Crippen molar-refractivity contribution in [3.63, 3.8) is 0 Å². The summed E-state index contributed by atoms with van der Waals surface area (Å²) in [6, 6.07) is 9.54. The third kappa shape index (κ3) is 2.07. The van der Waals surface area contributed by atoms with E-state index < -0.39 is 5.41 Å². The van der Waals surface area contributed by atoms with Crippen molar-refractivity contribution in [2.75, 3.05) is 0 Å². The summed E-state index contributed by atoms with van der Waals surface area (Å²) >= 11 is 0. The number of allylic oxidation sites excluding steroid dienone is 2. The molecule has 0 unspecified atom stereocenters. The molecule has 1 heterocycles. The highest BCUT2D eigenvalue weighted by Gasteiger charge is 2.23. The summed E-state index contributed by atoms with van der Waals surface area (Å²) in [5.74, 6) is 0.454. The lowest BCUT2D eigenvalue weighted by molar-refractivity contribution is 0.280. The topological polar surface area (TPSA) is 72.7 Å². The average molecular weight is 241 g/mol. The smallest absolute Gasteiger partial charge is 0.152 e. The lowest BCUT2D eigenvalue weighted by atomic mass is 9.91.